The lowest BCUT2D eigenvalue weighted by atomic mass is 10.1. The predicted molar refractivity (Wildman–Crippen MR) is 74.4 cm³/mol. The van der Waals surface area contributed by atoms with Gasteiger partial charge < -0.3 is 5.11 Å². The van der Waals surface area contributed by atoms with Crippen LogP contribution in [0, 0.1) is 5.92 Å². The molecule has 0 saturated carbocycles. The Morgan fingerprint density at radius 1 is 1.56 bits per heavy atom. The molecule has 1 heterocycles. The van der Waals surface area contributed by atoms with E-state index >= 15 is 0 Å². The molecule has 1 aromatic carbocycles. The molecule has 0 bridgehead atoms. The standard InChI is InChI=1S/C13H16ClNO2.ClH/c1-9(10-3-2-4-12(14)7-10)15-6-5-11(8-15)13(16)17;/h2-4,7,9,11H,5-6,8H2,1H3,(H,16,17);1H. The Kier molecular flexibility index (Phi) is 5.45. The molecule has 0 aliphatic carbocycles. The van der Waals surface area contributed by atoms with Crippen LogP contribution in [0.3, 0.4) is 0 Å². The Hall–Kier alpha value is -0.770. The van der Waals surface area contributed by atoms with Gasteiger partial charge in [0.15, 0.2) is 0 Å². The van der Waals surface area contributed by atoms with Gasteiger partial charge in [-0.1, -0.05) is 23.7 Å². The van der Waals surface area contributed by atoms with Crippen molar-refractivity contribution in [3.05, 3.63) is 34.9 Å². The molecular formula is C13H17Cl2NO2. The molecule has 2 atom stereocenters. The van der Waals surface area contributed by atoms with E-state index in [4.69, 9.17) is 16.7 Å². The van der Waals surface area contributed by atoms with Crippen LogP contribution in [0.1, 0.15) is 24.9 Å². The summed E-state index contributed by atoms with van der Waals surface area (Å²) in [5, 5.41) is 9.71. The summed E-state index contributed by atoms with van der Waals surface area (Å²) in [5.41, 5.74) is 1.14. The van der Waals surface area contributed by atoms with Gasteiger partial charge in [0.2, 0.25) is 0 Å². The van der Waals surface area contributed by atoms with E-state index in [1.54, 1.807) is 0 Å². The van der Waals surface area contributed by atoms with Crippen LogP contribution in [0.4, 0.5) is 0 Å². The summed E-state index contributed by atoms with van der Waals surface area (Å²) >= 11 is 5.96. The summed E-state index contributed by atoms with van der Waals surface area (Å²) in [5.74, 6) is -0.914. The number of carboxylic acids is 1. The molecule has 2 unspecified atom stereocenters. The fourth-order valence-corrected chi connectivity index (χ4v) is 2.52. The van der Waals surface area contributed by atoms with Crippen LogP contribution in [0.2, 0.25) is 5.02 Å². The molecule has 1 fully saturated rings. The lowest BCUT2D eigenvalue weighted by Crippen LogP contribution is -2.26. The molecule has 1 aromatic rings. The van der Waals surface area contributed by atoms with Crippen molar-refractivity contribution in [3.8, 4) is 0 Å². The lowest BCUT2D eigenvalue weighted by Gasteiger charge is -2.24. The number of nitrogens with zero attached hydrogens (tertiary/aromatic N) is 1. The largest absolute Gasteiger partial charge is 0.481 e. The zero-order valence-corrected chi connectivity index (χ0v) is 11.7. The molecule has 1 aliphatic heterocycles. The zero-order valence-electron chi connectivity index (χ0n) is 10.2. The summed E-state index contributed by atoms with van der Waals surface area (Å²) in [6.07, 6.45) is 0.736. The smallest absolute Gasteiger partial charge is 0.307 e. The summed E-state index contributed by atoms with van der Waals surface area (Å²) in [6, 6.07) is 7.98. The average Bonchev–Trinajstić information content (AvgIpc) is 2.77. The first-order chi connectivity index (χ1) is 8.08. The van der Waals surface area contributed by atoms with Crippen molar-refractivity contribution < 1.29 is 9.90 Å². The minimum atomic E-state index is -0.689. The zero-order chi connectivity index (χ0) is 12.4. The van der Waals surface area contributed by atoms with E-state index in [1.165, 1.54) is 0 Å². The highest BCUT2D eigenvalue weighted by atomic mass is 35.5. The maximum absolute atomic E-state index is 10.9. The summed E-state index contributed by atoms with van der Waals surface area (Å²) < 4.78 is 0. The molecule has 2 rings (SSSR count). The van der Waals surface area contributed by atoms with Crippen molar-refractivity contribution in [2.75, 3.05) is 13.1 Å². The topological polar surface area (TPSA) is 40.5 Å². The van der Waals surface area contributed by atoms with E-state index < -0.39 is 5.97 Å². The normalized spacial score (nSPS) is 21.3. The number of aliphatic carboxylic acids is 1. The molecule has 1 N–H and O–H groups in total. The SMILES string of the molecule is CC(c1cccc(Cl)c1)N1CCC(C(=O)O)C1.Cl. The van der Waals surface area contributed by atoms with Crippen molar-refractivity contribution >= 4 is 30.0 Å². The van der Waals surface area contributed by atoms with Crippen LogP contribution in [0.15, 0.2) is 24.3 Å². The first-order valence-corrected chi connectivity index (χ1v) is 6.18. The third-order valence-corrected chi connectivity index (χ3v) is 3.68. The average molecular weight is 290 g/mol. The molecule has 0 spiro atoms. The first-order valence-electron chi connectivity index (χ1n) is 5.80. The van der Waals surface area contributed by atoms with Gasteiger partial charge >= 0.3 is 5.97 Å². The predicted octanol–water partition coefficient (Wildman–Crippen LogP) is 3.23. The second-order valence-corrected chi connectivity index (χ2v) is 4.99. The summed E-state index contributed by atoms with van der Waals surface area (Å²) in [7, 11) is 0. The number of carboxylic acid groups (broad SMARTS) is 1. The van der Waals surface area contributed by atoms with Crippen LogP contribution >= 0.6 is 24.0 Å². The van der Waals surface area contributed by atoms with E-state index in [9.17, 15) is 4.79 Å². The molecule has 0 amide bonds. The van der Waals surface area contributed by atoms with Crippen molar-refractivity contribution in [2.45, 2.75) is 19.4 Å². The van der Waals surface area contributed by atoms with E-state index in [0.717, 1.165) is 23.6 Å². The van der Waals surface area contributed by atoms with Crippen molar-refractivity contribution in [1.82, 2.24) is 4.90 Å². The maximum Gasteiger partial charge on any atom is 0.307 e. The quantitative estimate of drug-likeness (QED) is 0.929. The molecule has 18 heavy (non-hydrogen) atoms. The fraction of sp³-hybridized carbons (Fsp3) is 0.462. The Morgan fingerprint density at radius 3 is 2.83 bits per heavy atom. The van der Waals surface area contributed by atoms with Gasteiger partial charge in [-0.3, -0.25) is 9.69 Å². The van der Waals surface area contributed by atoms with Gasteiger partial charge in [0.25, 0.3) is 0 Å². The van der Waals surface area contributed by atoms with Crippen LogP contribution in [-0.2, 0) is 4.79 Å². The van der Waals surface area contributed by atoms with Crippen LogP contribution in [0.25, 0.3) is 0 Å². The van der Waals surface area contributed by atoms with Crippen LogP contribution in [-0.4, -0.2) is 29.1 Å². The highest BCUT2D eigenvalue weighted by Gasteiger charge is 2.30. The van der Waals surface area contributed by atoms with Gasteiger partial charge in [0, 0.05) is 17.6 Å². The number of hydrogen-bond acceptors (Lipinski definition) is 2. The summed E-state index contributed by atoms with van der Waals surface area (Å²) in [6.45, 7) is 3.56. The molecule has 1 aliphatic rings. The Labute approximate surface area is 118 Å². The van der Waals surface area contributed by atoms with E-state index in [0.29, 0.717) is 6.54 Å². The number of likely N-dealkylation sites (tertiary alicyclic amines) is 1. The first kappa shape index (κ1) is 15.3. The molecule has 3 nitrogen and oxygen atoms in total. The third kappa shape index (κ3) is 3.37. The van der Waals surface area contributed by atoms with Crippen LogP contribution < -0.4 is 0 Å². The van der Waals surface area contributed by atoms with Gasteiger partial charge in [-0.25, -0.2) is 0 Å². The molecular weight excluding hydrogens is 273 g/mol. The number of halogens is 2. The van der Waals surface area contributed by atoms with Gasteiger partial charge in [-0.05, 0) is 37.6 Å². The summed E-state index contributed by atoms with van der Waals surface area (Å²) in [4.78, 5) is 13.1. The van der Waals surface area contributed by atoms with E-state index in [2.05, 4.69) is 11.8 Å². The lowest BCUT2D eigenvalue weighted by molar-refractivity contribution is -0.141. The molecule has 100 valence electrons. The minimum Gasteiger partial charge on any atom is -0.481 e. The second-order valence-electron chi connectivity index (χ2n) is 4.55. The minimum absolute atomic E-state index is 0. The van der Waals surface area contributed by atoms with E-state index in [1.807, 2.05) is 24.3 Å². The molecule has 5 heteroatoms. The number of carbonyl (C=O) groups is 1. The second kappa shape index (κ2) is 6.41. The number of benzene rings is 1. The van der Waals surface area contributed by atoms with E-state index in [-0.39, 0.29) is 24.4 Å². The van der Waals surface area contributed by atoms with Crippen molar-refractivity contribution in [2.24, 2.45) is 5.92 Å². The third-order valence-electron chi connectivity index (χ3n) is 3.45. The molecule has 0 aromatic heterocycles. The Balaban J connectivity index is 0.00000162. The van der Waals surface area contributed by atoms with Gasteiger partial charge in [0.05, 0.1) is 5.92 Å². The Morgan fingerprint density at radius 2 is 2.28 bits per heavy atom. The van der Waals surface area contributed by atoms with Crippen LogP contribution in [0.5, 0.6) is 0 Å². The van der Waals surface area contributed by atoms with Crippen molar-refractivity contribution in [1.29, 1.82) is 0 Å². The van der Waals surface area contributed by atoms with Gasteiger partial charge in [-0.2, -0.15) is 0 Å². The van der Waals surface area contributed by atoms with Crippen molar-refractivity contribution in [3.63, 3.8) is 0 Å². The monoisotopic (exact) mass is 289 g/mol. The number of rotatable bonds is 3. The highest BCUT2D eigenvalue weighted by molar-refractivity contribution is 6.30. The molecule has 0 radical (unpaired) electrons. The number of hydrogen-bond donors (Lipinski definition) is 1. The highest BCUT2D eigenvalue weighted by Crippen LogP contribution is 2.28. The maximum atomic E-state index is 10.9. The molecule has 1 saturated heterocycles. The Bertz CT molecular complexity index is 425. The fourth-order valence-electron chi connectivity index (χ4n) is 2.32. The van der Waals surface area contributed by atoms with Gasteiger partial charge in [0.1, 0.15) is 0 Å². The van der Waals surface area contributed by atoms with Gasteiger partial charge in [-0.15, -0.1) is 12.4 Å².